The summed E-state index contributed by atoms with van der Waals surface area (Å²) in [6, 6.07) is 6.92. The SMILES string of the molecule is COc1ccc(OC)c([C@H](O)CNC(=O)c2cc(C3CC3)[nH]n2)c1. The molecule has 7 heteroatoms. The van der Waals surface area contributed by atoms with Gasteiger partial charge >= 0.3 is 0 Å². The summed E-state index contributed by atoms with van der Waals surface area (Å²) in [6.45, 7) is 0.0496. The standard InChI is InChI=1S/C17H21N3O4/c1-23-11-5-6-16(24-2)12(7-11)15(21)9-18-17(22)14-8-13(19-20-14)10-3-4-10/h5-8,10,15,21H,3-4,9H2,1-2H3,(H,18,22)(H,19,20)/t15-/m1/s1. The highest BCUT2D eigenvalue weighted by Crippen LogP contribution is 2.39. The van der Waals surface area contributed by atoms with E-state index in [-0.39, 0.29) is 12.5 Å². The number of nitrogens with one attached hydrogen (secondary N) is 2. The number of aromatic amines is 1. The molecule has 1 fully saturated rings. The number of H-pyrrole nitrogens is 1. The predicted octanol–water partition coefficient (Wildman–Crippen LogP) is 1.77. The lowest BCUT2D eigenvalue weighted by molar-refractivity contribution is 0.0909. The Balaban J connectivity index is 1.63. The van der Waals surface area contributed by atoms with Crippen molar-refractivity contribution < 1.29 is 19.4 Å². The van der Waals surface area contributed by atoms with Gasteiger partial charge in [-0.2, -0.15) is 5.10 Å². The summed E-state index contributed by atoms with van der Waals surface area (Å²) in [5.41, 5.74) is 1.88. The van der Waals surface area contributed by atoms with E-state index in [9.17, 15) is 9.90 Å². The average Bonchev–Trinajstić information content (AvgIpc) is 3.35. The molecule has 128 valence electrons. The van der Waals surface area contributed by atoms with Crippen molar-refractivity contribution in [3.8, 4) is 11.5 Å². The van der Waals surface area contributed by atoms with Gasteiger partial charge in [-0.3, -0.25) is 9.89 Å². The lowest BCUT2D eigenvalue weighted by Gasteiger charge is -2.16. The van der Waals surface area contributed by atoms with Crippen molar-refractivity contribution in [2.24, 2.45) is 0 Å². The number of carbonyl (C=O) groups is 1. The van der Waals surface area contributed by atoms with E-state index in [4.69, 9.17) is 9.47 Å². The molecule has 1 heterocycles. The first-order valence-electron chi connectivity index (χ1n) is 7.86. The van der Waals surface area contributed by atoms with E-state index in [0.29, 0.717) is 28.7 Å². The Morgan fingerprint density at radius 1 is 1.38 bits per heavy atom. The van der Waals surface area contributed by atoms with Crippen LogP contribution in [0.2, 0.25) is 0 Å². The molecule has 0 radical (unpaired) electrons. The van der Waals surface area contributed by atoms with Crippen molar-refractivity contribution in [3.63, 3.8) is 0 Å². The van der Waals surface area contributed by atoms with E-state index in [1.165, 1.54) is 7.11 Å². The van der Waals surface area contributed by atoms with Crippen molar-refractivity contribution in [2.45, 2.75) is 24.9 Å². The van der Waals surface area contributed by atoms with Gasteiger partial charge in [0, 0.05) is 23.7 Å². The maximum atomic E-state index is 12.2. The second-order valence-electron chi connectivity index (χ2n) is 5.82. The van der Waals surface area contributed by atoms with Gasteiger partial charge < -0.3 is 19.9 Å². The number of nitrogens with zero attached hydrogens (tertiary/aromatic N) is 1. The number of hydrogen-bond acceptors (Lipinski definition) is 5. The van der Waals surface area contributed by atoms with Crippen LogP contribution in [-0.2, 0) is 0 Å². The first kappa shape index (κ1) is 16.3. The minimum Gasteiger partial charge on any atom is -0.497 e. The van der Waals surface area contributed by atoms with Gasteiger partial charge in [0.2, 0.25) is 0 Å². The molecule has 1 aliphatic carbocycles. The van der Waals surface area contributed by atoms with Crippen LogP contribution in [0.15, 0.2) is 24.3 Å². The number of ether oxygens (including phenoxy) is 2. The summed E-state index contributed by atoms with van der Waals surface area (Å²) in [5.74, 6) is 1.33. The molecular formula is C17H21N3O4. The van der Waals surface area contributed by atoms with Crippen molar-refractivity contribution in [3.05, 3.63) is 41.2 Å². The van der Waals surface area contributed by atoms with Gasteiger partial charge in [-0.1, -0.05) is 0 Å². The predicted molar refractivity (Wildman–Crippen MR) is 87.4 cm³/mol. The van der Waals surface area contributed by atoms with Crippen LogP contribution in [0.3, 0.4) is 0 Å². The molecule has 1 atom stereocenters. The summed E-state index contributed by atoms with van der Waals surface area (Å²) >= 11 is 0. The largest absolute Gasteiger partial charge is 0.497 e. The summed E-state index contributed by atoms with van der Waals surface area (Å²) in [5, 5.41) is 20.0. The molecule has 0 saturated heterocycles. The quantitative estimate of drug-likeness (QED) is 0.718. The third-order valence-electron chi connectivity index (χ3n) is 4.10. The number of aromatic nitrogens is 2. The first-order chi connectivity index (χ1) is 11.6. The van der Waals surface area contributed by atoms with Crippen LogP contribution in [0.25, 0.3) is 0 Å². The molecule has 7 nitrogen and oxygen atoms in total. The molecular weight excluding hydrogens is 310 g/mol. The summed E-state index contributed by atoms with van der Waals surface area (Å²) in [4.78, 5) is 12.2. The number of rotatable bonds is 7. The number of hydrogen-bond donors (Lipinski definition) is 3. The Morgan fingerprint density at radius 3 is 2.83 bits per heavy atom. The highest BCUT2D eigenvalue weighted by atomic mass is 16.5. The molecule has 3 rings (SSSR count). The third kappa shape index (κ3) is 3.51. The molecule has 0 aliphatic heterocycles. The maximum absolute atomic E-state index is 12.2. The number of benzene rings is 1. The number of aliphatic hydroxyl groups is 1. The van der Waals surface area contributed by atoms with Crippen LogP contribution >= 0.6 is 0 Å². The average molecular weight is 331 g/mol. The topological polar surface area (TPSA) is 96.5 Å². The van der Waals surface area contributed by atoms with Gasteiger partial charge in [0.15, 0.2) is 0 Å². The Morgan fingerprint density at radius 2 is 2.17 bits per heavy atom. The van der Waals surface area contributed by atoms with Crippen LogP contribution in [0.5, 0.6) is 11.5 Å². The molecule has 2 aromatic rings. The summed E-state index contributed by atoms with van der Waals surface area (Å²) < 4.78 is 10.4. The molecule has 0 unspecified atom stereocenters. The molecule has 1 saturated carbocycles. The Hall–Kier alpha value is -2.54. The van der Waals surface area contributed by atoms with E-state index in [1.807, 2.05) is 0 Å². The van der Waals surface area contributed by atoms with Gasteiger partial charge in [-0.25, -0.2) is 0 Å². The zero-order chi connectivity index (χ0) is 17.1. The Labute approximate surface area is 140 Å². The number of carbonyl (C=O) groups excluding carboxylic acids is 1. The van der Waals surface area contributed by atoms with E-state index < -0.39 is 6.10 Å². The second-order valence-corrected chi connectivity index (χ2v) is 5.82. The van der Waals surface area contributed by atoms with Crippen LogP contribution in [0.4, 0.5) is 0 Å². The number of amides is 1. The summed E-state index contributed by atoms with van der Waals surface area (Å²) in [6.07, 6.45) is 1.36. The highest BCUT2D eigenvalue weighted by molar-refractivity contribution is 5.92. The molecule has 1 amide bonds. The number of methoxy groups -OCH3 is 2. The maximum Gasteiger partial charge on any atom is 0.271 e. The van der Waals surface area contributed by atoms with Crippen molar-refractivity contribution in [2.75, 3.05) is 20.8 Å². The normalized spacial score (nSPS) is 15.0. The zero-order valence-corrected chi connectivity index (χ0v) is 13.7. The monoisotopic (exact) mass is 331 g/mol. The fraction of sp³-hybridized carbons (Fsp3) is 0.412. The molecule has 1 aliphatic rings. The van der Waals surface area contributed by atoms with Gasteiger partial charge in [-0.05, 0) is 37.1 Å². The van der Waals surface area contributed by atoms with Crippen LogP contribution in [0.1, 0.15) is 46.6 Å². The van der Waals surface area contributed by atoms with E-state index >= 15 is 0 Å². The Kier molecular flexibility index (Phi) is 4.71. The van der Waals surface area contributed by atoms with E-state index in [1.54, 1.807) is 31.4 Å². The lowest BCUT2D eigenvalue weighted by Crippen LogP contribution is -2.28. The van der Waals surface area contributed by atoms with Crippen molar-refractivity contribution >= 4 is 5.91 Å². The smallest absolute Gasteiger partial charge is 0.271 e. The molecule has 3 N–H and O–H groups in total. The molecule has 1 aromatic carbocycles. The molecule has 0 spiro atoms. The molecule has 1 aromatic heterocycles. The highest BCUT2D eigenvalue weighted by Gasteiger charge is 2.26. The second kappa shape index (κ2) is 6.92. The minimum absolute atomic E-state index is 0.0496. The minimum atomic E-state index is -0.916. The fourth-order valence-corrected chi connectivity index (χ4v) is 2.55. The van der Waals surface area contributed by atoms with Crippen LogP contribution in [-0.4, -0.2) is 42.0 Å². The first-order valence-corrected chi connectivity index (χ1v) is 7.86. The van der Waals surface area contributed by atoms with E-state index in [2.05, 4.69) is 15.5 Å². The van der Waals surface area contributed by atoms with E-state index in [0.717, 1.165) is 18.5 Å². The van der Waals surface area contributed by atoms with Crippen LogP contribution < -0.4 is 14.8 Å². The fourth-order valence-electron chi connectivity index (χ4n) is 2.55. The van der Waals surface area contributed by atoms with Crippen molar-refractivity contribution in [1.82, 2.24) is 15.5 Å². The summed E-state index contributed by atoms with van der Waals surface area (Å²) in [7, 11) is 3.08. The van der Waals surface area contributed by atoms with Crippen LogP contribution in [0, 0.1) is 0 Å². The van der Waals surface area contributed by atoms with Gasteiger partial charge in [0.05, 0.1) is 14.2 Å². The lowest BCUT2D eigenvalue weighted by atomic mass is 10.1. The Bertz CT molecular complexity index is 724. The molecule has 24 heavy (non-hydrogen) atoms. The third-order valence-corrected chi connectivity index (χ3v) is 4.10. The molecule has 0 bridgehead atoms. The number of aliphatic hydroxyl groups excluding tert-OH is 1. The zero-order valence-electron chi connectivity index (χ0n) is 13.7. The van der Waals surface area contributed by atoms with Gasteiger partial charge in [-0.15, -0.1) is 0 Å². The van der Waals surface area contributed by atoms with Gasteiger partial charge in [0.25, 0.3) is 5.91 Å². The van der Waals surface area contributed by atoms with Gasteiger partial charge in [0.1, 0.15) is 23.3 Å². The van der Waals surface area contributed by atoms with Crippen molar-refractivity contribution in [1.29, 1.82) is 0 Å².